The van der Waals surface area contributed by atoms with Crippen LogP contribution in [-0.2, 0) is 0 Å². The van der Waals surface area contributed by atoms with E-state index in [9.17, 15) is 0 Å². The lowest BCUT2D eigenvalue weighted by atomic mass is 10.4. The Bertz CT molecular complexity index is 290. The number of aromatic nitrogens is 1. The first-order chi connectivity index (χ1) is 5.65. The summed E-state index contributed by atoms with van der Waals surface area (Å²) in [4.78, 5) is 4.12. The minimum absolute atomic E-state index is 0.640. The van der Waals surface area contributed by atoms with Crippen molar-refractivity contribution in [3.05, 3.63) is 19.7 Å². The summed E-state index contributed by atoms with van der Waals surface area (Å²) in [5.74, 6) is 0.784. The largest absolute Gasteiger partial charge is 0.492 e. The van der Waals surface area contributed by atoms with Crippen LogP contribution in [0.4, 0.5) is 0 Å². The van der Waals surface area contributed by atoms with E-state index in [1.54, 1.807) is 0 Å². The molecule has 0 amide bonds. The van der Waals surface area contributed by atoms with Gasteiger partial charge in [0.15, 0.2) is 0 Å². The Balaban J connectivity index is 3.09. The van der Waals surface area contributed by atoms with E-state index in [1.807, 2.05) is 13.0 Å². The summed E-state index contributed by atoms with van der Waals surface area (Å²) in [5.41, 5.74) is 0. The van der Waals surface area contributed by atoms with Crippen LogP contribution < -0.4 is 4.74 Å². The Hall–Kier alpha value is 0.390. The predicted octanol–water partition coefficient (Wildman–Crippen LogP) is 3.77. The molecule has 66 valence electrons. The van der Waals surface area contributed by atoms with E-state index in [2.05, 4.69) is 52.8 Å². The number of nitrogens with zero attached hydrogens (tertiary/aromatic N) is 1. The fraction of sp³-hybridized carbons (Fsp3) is 0.286. The van der Waals surface area contributed by atoms with Gasteiger partial charge in [-0.2, -0.15) is 0 Å². The summed E-state index contributed by atoms with van der Waals surface area (Å²) in [6, 6.07) is 1.82. The molecule has 0 spiro atoms. The molecule has 0 saturated heterocycles. The summed E-state index contributed by atoms with van der Waals surface area (Å²) in [7, 11) is 0. The third-order valence-corrected chi connectivity index (χ3v) is 3.43. The van der Waals surface area contributed by atoms with Crippen LogP contribution >= 0.6 is 47.8 Å². The van der Waals surface area contributed by atoms with E-state index in [1.165, 1.54) is 0 Å². The zero-order valence-electron chi connectivity index (χ0n) is 6.27. The topological polar surface area (TPSA) is 22.1 Å². The van der Waals surface area contributed by atoms with Gasteiger partial charge in [-0.1, -0.05) is 0 Å². The summed E-state index contributed by atoms with van der Waals surface area (Å²) < 4.78 is 7.68. The molecule has 0 unspecified atom stereocenters. The molecule has 0 aliphatic heterocycles. The first kappa shape index (κ1) is 10.5. The molecule has 1 aromatic heterocycles. The Morgan fingerprint density at radius 2 is 2.08 bits per heavy atom. The van der Waals surface area contributed by atoms with Gasteiger partial charge in [0, 0.05) is 6.07 Å². The highest BCUT2D eigenvalue weighted by molar-refractivity contribution is 9.13. The quantitative estimate of drug-likeness (QED) is 0.750. The van der Waals surface area contributed by atoms with E-state index in [-0.39, 0.29) is 0 Å². The molecular formula is C7H6Br3NO. The number of hydrogen-bond donors (Lipinski definition) is 0. The highest BCUT2D eigenvalue weighted by Crippen LogP contribution is 2.33. The molecule has 0 aliphatic rings. The van der Waals surface area contributed by atoms with Crippen molar-refractivity contribution in [2.24, 2.45) is 0 Å². The van der Waals surface area contributed by atoms with Crippen LogP contribution in [0.1, 0.15) is 6.92 Å². The van der Waals surface area contributed by atoms with Crippen molar-refractivity contribution in [3.63, 3.8) is 0 Å². The Labute approximate surface area is 96.1 Å². The number of pyridine rings is 1. The highest BCUT2D eigenvalue weighted by atomic mass is 79.9. The number of rotatable bonds is 2. The van der Waals surface area contributed by atoms with Crippen molar-refractivity contribution in [2.75, 3.05) is 6.61 Å². The van der Waals surface area contributed by atoms with E-state index in [0.717, 1.165) is 19.4 Å². The molecule has 0 aromatic carbocycles. The molecule has 0 N–H and O–H groups in total. The van der Waals surface area contributed by atoms with E-state index < -0.39 is 0 Å². The minimum atomic E-state index is 0.640. The molecular weight excluding hydrogens is 354 g/mol. The summed E-state index contributed by atoms with van der Waals surface area (Å²) in [6.45, 7) is 2.58. The van der Waals surface area contributed by atoms with Crippen molar-refractivity contribution in [1.82, 2.24) is 4.98 Å². The smallest absolute Gasteiger partial charge is 0.138 e. The lowest BCUT2D eigenvalue weighted by Gasteiger charge is -2.06. The molecule has 0 bridgehead atoms. The molecule has 2 nitrogen and oxygen atoms in total. The molecule has 0 radical (unpaired) electrons. The monoisotopic (exact) mass is 357 g/mol. The van der Waals surface area contributed by atoms with Crippen molar-refractivity contribution in [1.29, 1.82) is 0 Å². The second kappa shape index (κ2) is 4.58. The van der Waals surface area contributed by atoms with Crippen molar-refractivity contribution < 1.29 is 4.74 Å². The second-order valence-corrected chi connectivity index (χ2v) is 4.34. The third kappa shape index (κ3) is 2.44. The van der Waals surface area contributed by atoms with Gasteiger partial charge >= 0.3 is 0 Å². The van der Waals surface area contributed by atoms with Crippen LogP contribution in [0.3, 0.4) is 0 Å². The van der Waals surface area contributed by atoms with Crippen LogP contribution in [0.2, 0.25) is 0 Å². The molecule has 1 aromatic rings. The van der Waals surface area contributed by atoms with Crippen molar-refractivity contribution >= 4 is 47.8 Å². The van der Waals surface area contributed by atoms with Gasteiger partial charge in [-0.05, 0) is 54.7 Å². The summed E-state index contributed by atoms with van der Waals surface area (Å²) in [5, 5.41) is 0. The molecule has 12 heavy (non-hydrogen) atoms. The van der Waals surface area contributed by atoms with Crippen molar-refractivity contribution in [3.8, 4) is 5.75 Å². The Morgan fingerprint density at radius 1 is 1.42 bits per heavy atom. The van der Waals surface area contributed by atoms with Crippen molar-refractivity contribution in [2.45, 2.75) is 6.92 Å². The van der Waals surface area contributed by atoms with E-state index in [4.69, 9.17) is 4.74 Å². The second-order valence-electron chi connectivity index (χ2n) is 1.98. The molecule has 0 aliphatic carbocycles. The molecule has 0 fully saturated rings. The van der Waals surface area contributed by atoms with Gasteiger partial charge in [-0.3, -0.25) is 0 Å². The number of halogens is 3. The van der Waals surface area contributed by atoms with Gasteiger partial charge in [-0.15, -0.1) is 0 Å². The van der Waals surface area contributed by atoms with Crippen LogP contribution in [0.5, 0.6) is 5.75 Å². The summed E-state index contributed by atoms with van der Waals surface area (Å²) >= 11 is 9.93. The minimum Gasteiger partial charge on any atom is -0.492 e. The Morgan fingerprint density at radius 3 is 2.67 bits per heavy atom. The van der Waals surface area contributed by atoms with E-state index in [0.29, 0.717) is 6.61 Å². The zero-order valence-corrected chi connectivity index (χ0v) is 11.0. The van der Waals surface area contributed by atoms with Crippen LogP contribution in [0.25, 0.3) is 0 Å². The first-order valence-corrected chi connectivity index (χ1v) is 5.67. The fourth-order valence-electron chi connectivity index (χ4n) is 0.709. The molecule has 1 heterocycles. The molecule has 0 saturated carbocycles. The molecule has 0 atom stereocenters. The normalized spacial score (nSPS) is 10.0. The van der Waals surface area contributed by atoms with Gasteiger partial charge in [0.25, 0.3) is 0 Å². The highest BCUT2D eigenvalue weighted by Gasteiger charge is 2.07. The lowest BCUT2D eigenvalue weighted by Crippen LogP contribution is -1.94. The lowest BCUT2D eigenvalue weighted by molar-refractivity contribution is 0.337. The van der Waals surface area contributed by atoms with Crippen LogP contribution in [0.15, 0.2) is 19.7 Å². The predicted molar refractivity (Wildman–Crippen MR) is 58.5 cm³/mol. The molecule has 1 rings (SSSR count). The Kier molecular flexibility index (Phi) is 3.99. The molecule has 5 heteroatoms. The van der Waals surface area contributed by atoms with Gasteiger partial charge < -0.3 is 4.74 Å². The maximum Gasteiger partial charge on any atom is 0.138 e. The number of ether oxygens (including phenoxy) is 1. The number of hydrogen-bond acceptors (Lipinski definition) is 2. The van der Waals surface area contributed by atoms with Crippen LogP contribution in [-0.4, -0.2) is 11.6 Å². The maximum atomic E-state index is 5.35. The SMILES string of the molecule is CCOc1cc(Br)nc(Br)c1Br. The zero-order chi connectivity index (χ0) is 9.14. The first-order valence-electron chi connectivity index (χ1n) is 3.29. The maximum absolute atomic E-state index is 5.35. The average Bonchev–Trinajstić information content (AvgIpc) is 2.00. The fourth-order valence-corrected chi connectivity index (χ4v) is 2.04. The van der Waals surface area contributed by atoms with E-state index >= 15 is 0 Å². The average molecular weight is 360 g/mol. The standard InChI is InChI=1S/C7H6Br3NO/c1-2-12-4-3-5(8)11-7(10)6(4)9/h3H,2H2,1H3. The third-order valence-electron chi connectivity index (χ3n) is 1.15. The van der Waals surface area contributed by atoms with Crippen LogP contribution in [0, 0.1) is 0 Å². The van der Waals surface area contributed by atoms with Gasteiger partial charge in [0.2, 0.25) is 0 Å². The summed E-state index contributed by atoms with van der Waals surface area (Å²) in [6.07, 6.45) is 0. The van der Waals surface area contributed by atoms with Gasteiger partial charge in [-0.25, -0.2) is 4.98 Å². The van der Waals surface area contributed by atoms with Gasteiger partial charge in [0.05, 0.1) is 11.1 Å². The van der Waals surface area contributed by atoms with Gasteiger partial charge in [0.1, 0.15) is 15.0 Å².